The third kappa shape index (κ3) is 3.25. The minimum atomic E-state index is -0.373. The van der Waals surface area contributed by atoms with Gasteiger partial charge in [0.25, 0.3) is 0 Å². The lowest BCUT2D eigenvalue weighted by Crippen LogP contribution is -2.27. The highest BCUT2D eigenvalue weighted by molar-refractivity contribution is 5.93. The second kappa shape index (κ2) is 5.89. The molecule has 0 heterocycles. The third-order valence-corrected chi connectivity index (χ3v) is 3.92. The summed E-state index contributed by atoms with van der Waals surface area (Å²) in [5, 5.41) is 3.53. The number of hydrogen-bond acceptors (Lipinski definition) is 2. The number of nitrogens with two attached hydrogens (primary N) is 1. The van der Waals surface area contributed by atoms with E-state index < -0.39 is 0 Å². The van der Waals surface area contributed by atoms with Crippen molar-refractivity contribution in [2.45, 2.75) is 45.1 Å². The maximum absolute atomic E-state index is 11.0. The summed E-state index contributed by atoms with van der Waals surface area (Å²) in [6.07, 6.45) is 6.76. The van der Waals surface area contributed by atoms with E-state index in [-0.39, 0.29) is 5.91 Å². The van der Waals surface area contributed by atoms with Crippen molar-refractivity contribution in [1.29, 1.82) is 0 Å². The standard InChI is InChI=1S/C15H22N2O/c1-11(12-5-3-2-4-6-12)17-14-9-7-13(8-10-14)15(16)18/h7-12,17H,2-6H2,1H3,(H2,16,18). The largest absolute Gasteiger partial charge is 0.382 e. The van der Waals surface area contributed by atoms with Gasteiger partial charge >= 0.3 is 0 Å². The van der Waals surface area contributed by atoms with Crippen molar-refractivity contribution in [3.05, 3.63) is 29.8 Å². The molecule has 0 aliphatic heterocycles. The summed E-state index contributed by atoms with van der Waals surface area (Å²) in [7, 11) is 0. The normalized spacial score (nSPS) is 18.3. The van der Waals surface area contributed by atoms with E-state index in [1.807, 2.05) is 12.1 Å². The van der Waals surface area contributed by atoms with E-state index in [4.69, 9.17) is 5.73 Å². The van der Waals surface area contributed by atoms with Gasteiger partial charge in [-0.3, -0.25) is 4.79 Å². The van der Waals surface area contributed by atoms with Crippen LogP contribution in [0.2, 0.25) is 0 Å². The van der Waals surface area contributed by atoms with Gasteiger partial charge < -0.3 is 11.1 Å². The predicted molar refractivity (Wildman–Crippen MR) is 74.6 cm³/mol. The first-order chi connectivity index (χ1) is 8.66. The Kier molecular flexibility index (Phi) is 4.24. The number of nitrogens with one attached hydrogen (secondary N) is 1. The first-order valence-electron chi connectivity index (χ1n) is 6.83. The zero-order valence-corrected chi connectivity index (χ0v) is 11.0. The fourth-order valence-electron chi connectivity index (χ4n) is 2.75. The Balaban J connectivity index is 1.93. The van der Waals surface area contributed by atoms with Gasteiger partial charge in [0.2, 0.25) is 5.91 Å². The number of carbonyl (C=O) groups excluding carboxylic acids is 1. The lowest BCUT2D eigenvalue weighted by Gasteiger charge is -2.29. The van der Waals surface area contributed by atoms with Gasteiger partial charge in [0.15, 0.2) is 0 Å². The van der Waals surface area contributed by atoms with Crippen LogP contribution in [0.1, 0.15) is 49.4 Å². The molecule has 0 aromatic heterocycles. The summed E-state index contributed by atoms with van der Waals surface area (Å²) in [5.74, 6) is 0.399. The van der Waals surface area contributed by atoms with Crippen molar-refractivity contribution in [2.24, 2.45) is 11.7 Å². The highest BCUT2D eigenvalue weighted by Crippen LogP contribution is 2.28. The van der Waals surface area contributed by atoms with Gasteiger partial charge in [0.1, 0.15) is 0 Å². The smallest absolute Gasteiger partial charge is 0.248 e. The number of hydrogen-bond donors (Lipinski definition) is 2. The molecule has 1 unspecified atom stereocenters. The molecular formula is C15H22N2O. The summed E-state index contributed by atoms with van der Waals surface area (Å²) >= 11 is 0. The van der Waals surface area contributed by atoms with E-state index >= 15 is 0 Å². The zero-order valence-electron chi connectivity index (χ0n) is 11.0. The van der Waals surface area contributed by atoms with Gasteiger partial charge in [-0.1, -0.05) is 19.3 Å². The van der Waals surface area contributed by atoms with E-state index in [9.17, 15) is 4.79 Å². The molecule has 1 fully saturated rings. The molecule has 0 saturated heterocycles. The van der Waals surface area contributed by atoms with E-state index in [0.717, 1.165) is 11.6 Å². The first-order valence-corrected chi connectivity index (χ1v) is 6.83. The SMILES string of the molecule is CC(Nc1ccc(C(N)=O)cc1)C1CCCCC1. The van der Waals surface area contributed by atoms with Gasteiger partial charge in [0.05, 0.1) is 0 Å². The molecule has 3 N–H and O–H groups in total. The minimum absolute atomic E-state index is 0.373. The molecule has 1 amide bonds. The van der Waals surface area contributed by atoms with Crippen molar-refractivity contribution >= 4 is 11.6 Å². The molecule has 1 aromatic carbocycles. The van der Waals surface area contributed by atoms with Crippen LogP contribution in [0, 0.1) is 5.92 Å². The Hall–Kier alpha value is -1.51. The number of primary amides is 1. The molecule has 0 bridgehead atoms. The lowest BCUT2D eigenvalue weighted by molar-refractivity contribution is 0.100. The van der Waals surface area contributed by atoms with E-state index in [1.54, 1.807) is 12.1 Å². The van der Waals surface area contributed by atoms with Gasteiger partial charge in [0, 0.05) is 17.3 Å². The van der Waals surface area contributed by atoms with Gasteiger partial charge in [-0.2, -0.15) is 0 Å². The van der Waals surface area contributed by atoms with Crippen molar-refractivity contribution in [1.82, 2.24) is 0 Å². The van der Waals surface area contributed by atoms with Crippen LogP contribution in [0.5, 0.6) is 0 Å². The molecule has 1 aliphatic rings. The molecule has 98 valence electrons. The summed E-state index contributed by atoms with van der Waals surface area (Å²) in [5.41, 5.74) is 6.85. The second-order valence-corrected chi connectivity index (χ2v) is 5.27. The lowest BCUT2D eigenvalue weighted by atomic mass is 9.84. The average molecular weight is 246 g/mol. The molecule has 1 atom stereocenters. The number of rotatable bonds is 4. The molecule has 0 spiro atoms. The summed E-state index contributed by atoms with van der Waals surface area (Å²) in [4.78, 5) is 11.0. The van der Waals surface area contributed by atoms with Crippen LogP contribution in [0.25, 0.3) is 0 Å². The Labute approximate surface area is 109 Å². The van der Waals surface area contributed by atoms with Crippen LogP contribution < -0.4 is 11.1 Å². The van der Waals surface area contributed by atoms with Crippen molar-refractivity contribution in [3.63, 3.8) is 0 Å². The molecule has 1 aliphatic carbocycles. The molecule has 18 heavy (non-hydrogen) atoms. The van der Waals surface area contributed by atoms with Gasteiger partial charge in [-0.05, 0) is 49.9 Å². The molecule has 3 nitrogen and oxygen atoms in total. The van der Waals surface area contributed by atoms with Gasteiger partial charge in [-0.25, -0.2) is 0 Å². The highest BCUT2D eigenvalue weighted by Gasteiger charge is 2.19. The zero-order chi connectivity index (χ0) is 13.0. The van der Waals surface area contributed by atoms with Crippen LogP contribution in [-0.4, -0.2) is 11.9 Å². The number of carbonyl (C=O) groups is 1. The monoisotopic (exact) mass is 246 g/mol. The maximum atomic E-state index is 11.0. The van der Waals surface area contributed by atoms with Crippen LogP contribution in [0.3, 0.4) is 0 Å². The predicted octanol–water partition coefficient (Wildman–Crippen LogP) is 3.17. The summed E-state index contributed by atoms with van der Waals surface area (Å²) in [6, 6.07) is 7.90. The van der Waals surface area contributed by atoms with E-state index in [0.29, 0.717) is 11.6 Å². The fraction of sp³-hybridized carbons (Fsp3) is 0.533. The van der Waals surface area contributed by atoms with Crippen molar-refractivity contribution in [2.75, 3.05) is 5.32 Å². The molecule has 1 saturated carbocycles. The Morgan fingerprint density at radius 3 is 2.39 bits per heavy atom. The molecule has 3 heteroatoms. The quantitative estimate of drug-likeness (QED) is 0.857. The maximum Gasteiger partial charge on any atom is 0.248 e. The fourth-order valence-corrected chi connectivity index (χ4v) is 2.75. The Bertz CT molecular complexity index is 393. The van der Waals surface area contributed by atoms with Gasteiger partial charge in [-0.15, -0.1) is 0 Å². The van der Waals surface area contributed by atoms with Crippen LogP contribution in [-0.2, 0) is 0 Å². The Morgan fingerprint density at radius 2 is 1.83 bits per heavy atom. The number of amides is 1. The molecule has 0 radical (unpaired) electrons. The van der Waals surface area contributed by atoms with E-state index in [2.05, 4.69) is 12.2 Å². The topological polar surface area (TPSA) is 55.1 Å². The first kappa shape index (κ1) is 12.9. The molecule has 1 aromatic rings. The minimum Gasteiger partial charge on any atom is -0.382 e. The Morgan fingerprint density at radius 1 is 1.22 bits per heavy atom. The average Bonchev–Trinajstić information content (AvgIpc) is 2.40. The molecule has 2 rings (SSSR count). The van der Waals surface area contributed by atoms with E-state index in [1.165, 1.54) is 32.1 Å². The van der Waals surface area contributed by atoms with Crippen molar-refractivity contribution < 1.29 is 4.79 Å². The van der Waals surface area contributed by atoms with Crippen LogP contribution in [0.4, 0.5) is 5.69 Å². The summed E-state index contributed by atoms with van der Waals surface area (Å²) < 4.78 is 0. The van der Waals surface area contributed by atoms with Crippen LogP contribution in [0.15, 0.2) is 24.3 Å². The number of anilines is 1. The second-order valence-electron chi connectivity index (χ2n) is 5.27. The highest BCUT2D eigenvalue weighted by atomic mass is 16.1. The third-order valence-electron chi connectivity index (χ3n) is 3.92. The number of benzene rings is 1. The summed E-state index contributed by atoms with van der Waals surface area (Å²) in [6.45, 7) is 2.25. The van der Waals surface area contributed by atoms with Crippen molar-refractivity contribution in [3.8, 4) is 0 Å². The van der Waals surface area contributed by atoms with Crippen LogP contribution >= 0.6 is 0 Å². The molecular weight excluding hydrogens is 224 g/mol.